The molecule has 2 rings (SSSR count). The molecule has 1 saturated heterocycles. The number of carbonyl (C=O) groups is 1. The highest BCUT2D eigenvalue weighted by Crippen LogP contribution is 2.34. The van der Waals surface area contributed by atoms with Gasteiger partial charge in [0.05, 0.1) is 23.8 Å². The fraction of sp³-hybridized carbons (Fsp3) is 0.500. The van der Waals surface area contributed by atoms with E-state index in [9.17, 15) is 18.0 Å². The van der Waals surface area contributed by atoms with Crippen LogP contribution in [0.4, 0.5) is 18.9 Å². The molecule has 0 amide bonds. The van der Waals surface area contributed by atoms with Crippen molar-refractivity contribution in [3.63, 3.8) is 0 Å². The van der Waals surface area contributed by atoms with E-state index >= 15 is 0 Å². The summed E-state index contributed by atoms with van der Waals surface area (Å²) in [6, 6.07) is 3.23. The molecule has 21 heavy (non-hydrogen) atoms. The van der Waals surface area contributed by atoms with Crippen LogP contribution in [0.15, 0.2) is 18.2 Å². The van der Waals surface area contributed by atoms with E-state index in [1.54, 1.807) is 0 Å². The van der Waals surface area contributed by atoms with Crippen molar-refractivity contribution >= 4 is 11.7 Å². The summed E-state index contributed by atoms with van der Waals surface area (Å²) >= 11 is 0. The van der Waals surface area contributed by atoms with Crippen LogP contribution in [0, 0.1) is 0 Å². The number of halogens is 3. The van der Waals surface area contributed by atoms with Crippen LogP contribution < -0.4 is 4.90 Å². The summed E-state index contributed by atoms with van der Waals surface area (Å²) in [5.74, 6) is -1.58. The Bertz CT molecular complexity index is 531. The van der Waals surface area contributed by atoms with Crippen molar-refractivity contribution < 1.29 is 27.8 Å². The number of rotatable bonds is 3. The van der Waals surface area contributed by atoms with Gasteiger partial charge in [0.1, 0.15) is 0 Å². The van der Waals surface area contributed by atoms with Crippen LogP contribution in [0.1, 0.15) is 29.3 Å². The SMILES string of the molecule is CCC1CN(c2ccc(C(F)(F)F)c(C(=O)O)c2)CCO1. The Hall–Kier alpha value is -1.76. The van der Waals surface area contributed by atoms with E-state index in [4.69, 9.17) is 9.84 Å². The highest BCUT2D eigenvalue weighted by Gasteiger charge is 2.35. The summed E-state index contributed by atoms with van der Waals surface area (Å²) in [7, 11) is 0. The van der Waals surface area contributed by atoms with E-state index < -0.39 is 23.3 Å². The molecule has 7 heteroatoms. The zero-order valence-electron chi connectivity index (χ0n) is 11.5. The maximum Gasteiger partial charge on any atom is 0.417 e. The third kappa shape index (κ3) is 3.47. The van der Waals surface area contributed by atoms with Gasteiger partial charge < -0.3 is 14.7 Å². The molecule has 1 atom stereocenters. The van der Waals surface area contributed by atoms with Gasteiger partial charge >= 0.3 is 12.1 Å². The first-order valence-corrected chi connectivity index (χ1v) is 6.64. The first-order chi connectivity index (χ1) is 9.82. The first-order valence-electron chi connectivity index (χ1n) is 6.64. The molecule has 1 aliphatic heterocycles. The molecular weight excluding hydrogens is 287 g/mol. The Balaban J connectivity index is 2.34. The van der Waals surface area contributed by atoms with Crippen LogP contribution in [-0.4, -0.2) is 36.9 Å². The van der Waals surface area contributed by atoms with E-state index in [2.05, 4.69) is 0 Å². The summed E-state index contributed by atoms with van der Waals surface area (Å²) in [5, 5.41) is 9.01. The fourth-order valence-corrected chi connectivity index (χ4v) is 2.35. The predicted octanol–water partition coefficient (Wildman–Crippen LogP) is 3.02. The number of carboxylic acids is 1. The van der Waals surface area contributed by atoms with E-state index in [1.807, 2.05) is 11.8 Å². The Labute approximate surface area is 120 Å². The molecule has 1 heterocycles. The monoisotopic (exact) mass is 303 g/mol. The summed E-state index contributed by atoms with van der Waals surface area (Å²) in [4.78, 5) is 12.9. The number of ether oxygens (including phenoxy) is 1. The normalized spacial score (nSPS) is 19.6. The topological polar surface area (TPSA) is 49.8 Å². The maximum atomic E-state index is 12.8. The van der Waals surface area contributed by atoms with Gasteiger partial charge in [-0.15, -0.1) is 0 Å². The minimum Gasteiger partial charge on any atom is -0.478 e. The molecule has 1 aromatic carbocycles. The van der Waals surface area contributed by atoms with Crippen LogP contribution in [0.2, 0.25) is 0 Å². The molecule has 0 spiro atoms. The lowest BCUT2D eigenvalue weighted by atomic mass is 10.0. The van der Waals surface area contributed by atoms with Crippen LogP contribution in [0.3, 0.4) is 0 Å². The fourth-order valence-electron chi connectivity index (χ4n) is 2.35. The molecule has 1 aliphatic rings. The number of hydrogen-bond acceptors (Lipinski definition) is 3. The van der Waals surface area contributed by atoms with Crippen molar-refractivity contribution in [2.24, 2.45) is 0 Å². The van der Waals surface area contributed by atoms with E-state index in [0.717, 1.165) is 18.6 Å². The number of carboxylic acid groups (broad SMARTS) is 1. The average molecular weight is 303 g/mol. The second kappa shape index (κ2) is 5.93. The van der Waals surface area contributed by atoms with Gasteiger partial charge in [-0.2, -0.15) is 13.2 Å². The average Bonchev–Trinajstić information content (AvgIpc) is 2.45. The van der Waals surface area contributed by atoms with Crippen molar-refractivity contribution in [2.75, 3.05) is 24.6 Å². The number of benzene rings is 1. The molecule has 1 unspecified atom stereocenters. The van der Waals surface area contributed by atoms with Crippen LogP contribution in [0.25, 0.3) is 0 Å². The number of hydrogen-bond donors (Lipinski definition) is 1. The van der Waals surface area contributed by atoms with Gasteiger partial charge in [-0.05, 0) is 24.6 Å². The molecule has 1 N–H and O–H groups in total. The third-order valence-electron chi connectivity index (χ3n) is 3.50. The number of nitrogens with zero attached hydrogens (tertiary/aromatic N) is 1. The molecule has 1 fully saturated rings. The quantitative estimate of drug-likeness (QED) is 0.932. The number of morpholine rings is 1. The number of aromatic carboxylic acids is 1. The van der Waals surface area contributed by atoms with E-state index in [-0.39, 0.29) is 6.10 Å². The second-order valence-corrected chi connectivity index (χ2v) is 4.88. The van der Waals surface area contributed by atoms with E-state index in [1.165, 1.54) is 6.07 Å². The zero-order chi connectivity index (χ0) is 15.6. The van der Waals surface area contributed by atoms with Crippen LogP contribution in [-0.2, 0) is 10.9 Å². The highest BCUT2D eigenvalue weighted by molar-refractivity contribution is 5.91. The number of anilines is 1. The Morgan fingerprint density at radius 2 is 2.19 bits per heavy atom. The van der Waals surface area contributed by atoms with E-state index in [0.29, 0.717) is 25.4 Å². The summed E-state index contributed by atoms with van der Waals surface area (Å²) < 4.78 is 43.9. The lowest BCUT2D eigenvalue weighted by Gasteiger charge is -2.34. The van der Waals surface area contributed by atoms with Crippen molar-refractivity contribution in [1.82, 2.24) is 0 Å². The minimum absolute atomic E-state index is 0.00863. The molecule has 0 bridgehead atoms. The molecular formula is C14H16F3NO3. The molecule has 116 valence electrons. The Kier molecular flexibility index (Phi) is 4.41. The van der Waals surface area contributed by atoms with Crippen molar-refractivity contribution in [3.05, 3.63) is 29.3 Å². The van der Waals surface area contributed by atoms with Gasteiger partial charge in [-0.3, -0.25) is 0 Å². The van der Waals surface area contributed by atoms with Gasteiger partial charge in [0, 0.05) is 18.8 Å². The van der Waals surface area contributed by atoms with Gasteiger partial charge in [0.2, 0.25) is 0 Å². The summed E-state index contributed by atoms with van der Waals surface area (Å²) in [6.07, 6.45) is -3.87. The van der Waals surface area contributed by atoms with Crippen molar-refractivity contribution in [2.45, 2.75) is 25.6 Å². The molecule has 1 aromatic rings. The smallest absolute Gasteiger partial charge is 0.417 e. The molecule has 0 aromatic heterocycles. The Morgan fingerprint density at radius 1 is 1.48 bits per heavy atom. The predicted molar refractivity (Wildman–Crippen MR) is 70.6 cm³/mol. The van der Waals surface area contributed by atoms with Crippen molar-refractivity contribution in [3.8, 4) is 0 Å². The standard InChI is InChI=1S/C14H16F3NO3/c1-2-10-8-18(5-6-21-10)9-3-4-12(14(15,16)17)11(7-9)13(19)20/h3-4,7,10H,2,5-6,8H2,1H3,(H,19,20). The van der Waals surface area contributed by atoms with Gasteiger partial charge in [0.15, 0.2) is 0 Å². The Morgan fingerprint density at radius 3 is 2.76 bits per heavy atom. The summed E-state index contributed by atoms with van der Waals surface area (Å²) in [5.41, 5.74) is -1.37. The second-order valence-electron chi connectivity index (χ2n) is 4.88. The lowest BCUT2D eigenvalue weighted by molar-refractivity contribution is -0.138. The van der Waals surface area contributed by atoms with Gasteiger partial charge in [-0.1, -0.05) is 6.92 Å². The van der Waals surface area contributed by atoms with Crippen LogP contribution >= 0.6 is 0 Å². The third-order valence-corrected chi connectivity index (χ3v) is 3.50. The maximum absolute atomic E-state index is 12.8. The largest absolute Gasteiger partial charge is 0.478 e. The summed E-state index contributed by atoms with van der Waals surface area (Å²) in [6.45, 7) is 3.51. The molecule has 0 aliphatic carbocycles. The van der Waals surface area contributed by atoms with Crippen LogP contribution in [0.5, 0.6) is 0 Å². The molecule has 0 saturated carbocycles. The lowest BCUT2D eigenvalue weighted by Crippen LogP contribution is -2.42. The zero-order valence-corrected chi connectivity index (χ0v) is 11.5. The minimum atomic E-state index is -4.68. The first kappa shape index (κ1) is 15.6. The molecule has 0 radical (unpaired) electrons. The highest BCUT2D eigenvalue weighted by atomic mass is 19.4. The van der Waals surface area contributed by atoms with Gasteiger partial charge in [-0.25, -0.2) is 4.79 Å². The number of alkyl halides is 3. The van der Waals surface area contributed by atoms with Gasteiger partial charge in [0.25, 0.3) is 0 Å². The molecule has 4 nitrogen and oxygen atoms in total. The van der Waals surface area contributed by atoms with Crippen molar-refractivity contribution in [1.29, 1.82) is 0 Å².